The Morgan fingerprint density at radius 2 is 1.96 bits per heavy atom. The van der Waals surface area contributed by atoms with Crippen LogP contribution in [0.4, 0.5) is 5.13 Å². The zero-order valence-corrected chi connectivity index (χ0v) is 16.8. The number of thiazole rings is 1. The van der Waals surface area contributed by atoms with Crippen molar-refractivity contribution in [2.45, 2.75) is 13.3 Å². The lowest BCUT2D eigenvalue weighted by Gasteiger charge is -2.21. The molecule has 1 amide bonds. The first-order valence-electron chi connectivity index (χ1n) is 8.53. The van der Waals surface area contributed by atoms with Crippen LogP contribution in [0.5, 0.6) is 0 Å². The molecule has 3 aromatic rings. The van der Waals surface area contributed by atoms with E-state index in [1.54, 1.807) is 4.90 Å². The minimum atomic E-state index is -0.0161. The first kappa shape index (κ1) is 18.8. The zero-order valence-electron chi connectivity index (χ0n) is 15.2. The standard InChI is InChI=1S/C20H22ClN3OS/c1-14-6-4-7-15(12-14)19(25)24(11-5-10-23(2)3)20-22-17-9-8-16(21)13-18(17)26-20/h4,6-9,12-13H,5,10-11H2,1-3H3. The van der Waals surface area contributed by atoms with Gasteiger partial charge in [-0.15, -0.1) is 0 Å². The lowest BCUT2D eigenvalue weighted by Crippen LogP contribution is -2.33. The number of carbonyl (C=O) groups is 1. The Morgan fingerprint density at radius 1 is 1.15 bits per heavy atom. The summed E-state index contributed by atoms with van der Waals surface area (Å²) >= 11 is 7.60. The quantitative estimate of drug-likeness (QED) is 0.606. The van der Waals surface area contributed by atoms with E-state index in [4.69, 9.17) is 11.6 Å². The van der Waals surface area contributed by atoms with Crippen molar-refractivity contribution in [1.29, 1.82) is 0 Å². The van der Waals surface area contributed by atoms with Crippen LogP contribution in [0.15, 0.2) is 42.5 Å². The van der Waals surface area contributed by atoms with Gasteiger partial charge in [0, 0.05) is 17.1 Å². The molecule has 26 heavy (non-hydrogen) atoms. The number of nitrogens with zero attached hydrogens (tertiary/aromatic N) is 3. The first-order valence-corrected chi connectivity index (χ1v) is 9.73. The number of aromatic nitrogens is 1. The predicted molar refractivity (Wildman–Crippen MR) is 111 cm³/mol. The summed E-state index contributed by atoms with van der Waals surface area (Å²) in [6, 6.07) is 13.3. The highest BCUT2D eigenvalue weighted by molar-refractivity contribution is 7.22. The van der Waals surface area contributed by atoms with Crippen LogP contribution in [0.3, 0.4) is 0 Å². The zero-order chi connectivity index (χ0) is 18.7. The number of halogens is 1. The maximum absolute atomic E-state index is 13.2. The van der Waals surface area contributed by atoms with Gasteiger partial charge in [-0.3, -0.25) is 9.69 Å². The molecule has 1 aromatic heterocycles. The number of aryl methyl sites for hydroxylation is 1. The predicted octanol–water partition coefficient (Wildman–Crippen LogP) is 4.86. The third kappa shape index (κ3) is 4.41. The van der Waals surface area contributed by atoms with Gasteiger partial charge in [0.25, 0.3) is 5.91 Å². The number of fused-ring (bicyclic) bond motifs is 1. The number of anilines is 1. The Morgan fingerprint density at radius 3 is 2.69 bits per heavy atom. The SMILES string of the molecule is Cc1cccc(C(=O)N(CCCN(C)C)c2nc3ccc(Cl)cc3s2)c1. The van der Waals surface area contributed by atoms with Gasteiger partial charge in [0.15, 0.2) is 5.13 Å². The largest absolute Gasteiger partial charge is 0.309 e. The molecule has 2 aromatic carbocycles. The van der Waals surface area contributed by atoms with Crippen LogP contribution in [-0.4, -0.2) is 43.0 Å². The van der Waals surface area contributed by atoms with Gasteiger partial charge in [0.05, 0.1) is 10.2 Å². The summed E-state index contributed by atoms with van der Waals surface area (Å²) in [5.41, 5.74) is 2.62. The van der Waals surface area contributed by atoms with Crippen molar-refractivity contribution in [3.63, 3.8) is 0 Å². The molecule has 0 atom stereocenters. The van der Waals surface area contributed by atoms with Gasteiger partial charge in [-0.25, -0.2) is 4.98 Å². The summed E-state index contributed by atoms with van der Waals surface area (Å²) in [5, 5.41) is 1.39. The second kappa shape index (κ2) is 8.16. The molecule has 0 fully saturated rings. The molecule has 3 rings (SSSR count). The average molecular weight is 388 g/mol. The van der Waals surface area contributed by atoms with Gasteiger partial charge in [0.2, 0.25) is 0 Å². The van der Waals surface area contributed by atoms with Crippen LogP contribution in [0.2, 0.25) is 5.02 Å². The molecule has 0 bridgehead atoms. The van der Waals surface area contributed by atoms with E-state index in [0.29, 0.717) is 22.3 Å². The normalized spacial score (nSPS) is 11.3. The number of carbonyl (C=O) groups excluding carboxylic acids is 1. The summed E-state index contributed by atoms with van der Waals surface area (Å²) < 4.78 is 0.988. The smallest absolute Gasteiger partial charge is 0.260 e. The van der Waals surface area contributed by atoms with Crippen LogP contribution >= 0.6 is 22.9 Å². The fraction of sp³-hybridized carbons (Fsp3) is 0.300. The third-order valence-electron chi connectivity index (χ3n) is 4.07. The van der Waals surface area contributed by atoms with E-state index in [0.717, 1.165) is 28.7 Å². The Labute approximate surface area is 163 Å². The van der Waals surface area contributed by atoms with E-state index < -0.39 is 0 Å². The molecule has 136 valence electrons. The number of hydrogen-bond donors (Lipinski definition) is 0. The Balaban J connectivity index is 1.94. The summed E-state index contributed by atoms with van der Waals surface area (Å²) in [6.45, 7) is 3.53. The summed E-state index contributed by atoms with van der Waals surface area (Å²) in [6.07, 6.45) is 0.876. The summed E-state index contributed by atoms with van der Waals surface area (Å²) in [4.78, 5) is 21.7. The number of benzene rings is 2. The minimum absolute atomic E-state index is 0.0161. The van der Waals surface area contributed by atoms with Crippen LogP contribution in [0.25, 0.3) is 10.2 Å². The van der Waals surface area contributed by atoms with Gasteiger partial charge in [-0.2, -0.15) is 0 Å². The van der Waals surface area contributed by atoms with Gasteiger partial charge < -0.3 is 4.90 Å². The molecule has 0 spiro atoms. The second-order valence-electron chi connectivity index (χ2n) is 6.59. The Hall–Kier alpha value is -1.95. The van der Waals surface area contributed by atoms with E-state index in [9.17, 15) is 4.79 Å². The molecular formula is C20H22ClN3OS. The van der Waals surface area contributed by atoms with Crippen molar-refractivity contribution in [2.24, 2.45) is 0 Å². The monoisotopic (exact) mass is 387 g/mol. The van der Waals surface area contributed by atoms with Crippen molar-refractivity contribution in [1.82, 2.24) is 9.88 Å². The van der Waals surface area contributed by atoms with Gasteiger partial charge >= 0.3 is 0 Å². The van der Waals surface area contributed by atoms with Crippen LogP contribution in [0.1, 0.15) is 22.3 Å². The molecule has 0 aliphatic rings. The van der Waals surface area contributed by atoms with E-state index in [1.807, 2.05) is 63.5 Å². The second-order valence-corrected chi connectivity index (χ2v) is 8.04. The maximum Gasteiger partial charge on any atom is 0.260 e. The molecular weight excluding hydrogens is 366 g/mol. The van der Waals surface area contributed by atoms with Crippen LogP contribution < -0.4 is 4.90 Å². The Kier molecular flexibility index (Phi) is 5.91. The van der Waals surface area contributed by atoms with Gasteiger partial charge in [-0.1, -0.05) is 40.6 Å². The molecule has 0 saturated carbocycles. The molecule has 4 nitrogen and oxygen atoms in total. The topological polar surface area (TPSA) is 36.4 Å². The maximum atomic E-state index is 13.2. The highest BCUT2D eigenvalue weighted by Crippen LogP contribution is 2.31. The average Bonchev–Trinajstić information content (AvgIpc) is 3.00. The fourth-order valence-corrected chi connectivity index (χ4v) is 4.03. The van der Waals surface area contributed by atoms with E-state index in [-0.39, 0.29) is 5.91 Å². The van der Waals surface area contributed by atoms with Gasteiger partial charge in [-0.05, 0) is 64.3 Å². The molecule has 0 unspecified atom stereocenters. The molecule has 6 heteroatoms. The fourth-order valence-electron chi connectivity index (χ4n) is 2.76. The van der Waals surface area contributed by atoms with E-state index in [2.05, 4.69) is 9.88 Å². The molecule has 0 aliphatic heterocycles. The number of amides is 1. The van der Waals surface area contributed by atoms with Crippen molar-refractivity contribution >= 4 is 44.2 Å². The van der Waals surface area contributed by atoms with Crippen LogP contribution in [0, 0.1) is 6.92 Å². The molecule has 0 aliphatic carbocycles. The molecule has 1 heterocycles. The van der Waals surface area contributed by atoms with E-state index in [1.165, 1.54) is 11.3 Å². The molecule has 0 radical (unpaired) electrons. The van der Waals surface area contributed by atoms with Gasteiger partial charge in [0.1, 0.15) is 0 Å². The number of rotatable bonds is 6. The lowest BCUT2D eigenvalue weighted by atomic mass is 10.1. The first-order chi connectivity index (χ1) is 12.4. The van der Waals surface area contributed by atoms with Crippen LogP contribution in [-0.2, 0) is 0 Å². The van der Waals surface area contributed by atoms with Crippen molar-refractivity contribution < 1.29 is 4.79 Å². The highest BCUT2D eigenvalue weighted by atomic mass is 35.5. The molecule has 0 N–H and O–H groups in total. The van der Waals surface area contributed by atoms with Crippen molar-refractivity contribution in [3.8, 4) is 0 Å². The summed E-state index contributed by atoms with van der Waals surface area (Å²) in [5.74, 6) is -0.0161. The Bertz CT molecular complexity index is 922. The van der Waals surface area contributed by atoms with Crippen molar-refractivity contribution in [3.05, 3.63) is 58.6 Å². The third-order valence-corrected chi connectivity index (χ3v) is 5.34. The van der Waals surface area contributed by atoms with Crippen molar-refractivity contribution in [2.75, 3.05) is 32.1 Å². The van der Waals surface area contributed by atoms with E-state index >= 15 is 0 Å². The highest BCUT2D eigenvalue weighted by Gasteiger charge is 2.21. The lowest BCUT2D eigenvalue weighted by molar-refractivity contribution is 0.0986. The molecule has 0 saturated heterocycles. The summed E-state index contributed by atoms with van der Waals surface area (Å²) in [7, 11) is 4.07. The minimum Gasteiger partial charge on any atom is -0.309 e. The number of hydrogen-bond acceptors (Lipinski definition) is 4.